The minimum absolute atomic E-state index is 0.0562. The molecule has 0 aromatic carbocycles. The van der Waals surface area contributed by atoms with Gasteiger partial charge in [0.2, 0.25) is 5.91 Å². The van der Waals surface area contributed by atoms with Crippen LogP contribution in [0.15, 0.2) is 24.4 Å². The summed E-state index contributed by atoms with van der Waals surface area (Å²) in [6.45, 7) is 5.14. The number of carbonyl (C=O) groups excluding carboxylic acids is 2. The van der Waals surface area contributed by atoms with E-state index in [-0.39, 0.29) is 17.9 Å². The lowest BCUT2D eigenvalue weighted by Gasteiger charge is -2.22. The Hall–Kier alpha value is -2.37. The number of nitrogens with zero attached hydrogens (tertiary/aromatic N) is 3. The molecule has 1 aliphatic rings. The van der Waals surface area contributed by atoms with Gasteiger partial charge in [0, 0.05) is 26.2 Å². The van der Waals surface area contributed by atoms with Crippen molar-refractivity contribution in [2.24, 2.45) is 0 Å². The lowest BCUT2D eigenvalue weighted by molar-refractivity contribution is -0.129. The third kappa shape index (κ3) is 3.52. The predicted octanol–water partition coefficient (Wildman–Crippen LogP) is 2.94. The first-order valence-electron chi connectivity index (χ1n) is 9.16. The monoisotopic (exact) mass is 342 g/mol. The third-order valence-corrected chi connectivity index (χ3v) is 4.81. The lowest BCUT2D eigenvalue weighted by Crippen LogP contribution is -2.29. The van der Waals surface area contributed by atoms with Gasteiger partial charge in [-0.05, 0) is 31.4 Å². The third-order valence-electron chi connectivity index (χ3n) is 4.81. The number of hydrogen-bond acceptors (Lipinski definition) is 3. The highest BCUT2D eigenvalue weighted by atomic mass is 16.2. The van der Waals surface area contributed by atoms with Crippen LogP contribution >= 0.6 is 0 Å². The molecule has 6 nitrogen and oxygen atoms in total. The molecule has 1 aliphatic heterocycles. The van der Waals surface area contributed by atoms with Gasteiger partial charge in [-0.1, -0.05) is 25.8 Å². The molecule has 0 bridgehead atoms. The number of fused-ring (bicyclic) bond motifs is 1. The van der Waals surface area contributed by atoms with Crippen LogP contribution in [0, 0.1) is 0 Å². The molecule has 134 valence electrons. The number of pyridine rings is 1. The maximum absolute atomic E-state index is 12.6. The van der Waals surface area contributed by atoms with Crippen molar-refractivity contribution in [3.63, 3.8) is 0 Å². The number of likely N-dealkylation sites (tertiary alicyclic amines) is 1. The first kappa shape index (κ1) is 17.5. The summed E-state index contributed by atoms with van der Waals surface area (Å²) in [7, 11) is 0. The van der Waals surface area contributed by atoms with Crippen molar-refractivity contribution in [2.75, 3.05) is 13.1 Å². The molecule has 2 amide bonds. The Balaban J connectivity index is 1.90. The SMILES string of the molecule is CCCCCNC(=O)c1nc([C@H]2CCCN2C(C)=O)n2ccccc12. The molecule has 0 radical (unpaired) electrons. The molecule has 1 atom stereocenters. The molecule has 1 fully saturated rings. The van der Waals surface area contributed by atoms with Gasteiger partial charge >= 0.3 is 0 Å². The van der Waals surface area contributed by atoms with Crippen LogP contribution in [0.4, 0.5) is 0 Å². The zero-order valence-corrected chi connectivity index (χ0v) is 15.0. The molecule has 0 unspecified atom stereocenters. The standard InChI is InChI=1S/C19H26N4O2/c1-3-4-6-11-20-19(25)17-15-9-5-7-12-23(15)18(21-17)16-10-8-13-22(16)14(2)24/h5,7,9,12,16H,3-4,6,8,10-11,13H2,1-2H3,(H,20,25)/t16-/m1/s1. The van der Waals surface area contributed by atoms with E-state index < -0.39 is 0 Å². The maximum atomic E-state index is 12.6. The van der Waals surface area contributed by atoms with Crippen LogP contribution in [-0.2, 0) is 4.79 Å². The van der Waals surface area contributed by atoms with Crippen LogP contribution in [0.3, 0.4) is 0 Å². The number of carbonyl (C=O) groups is 2. The Bertz CT molecular complexity index is 768. The number of rotatable bonds is 6. The molecule has 6 heteroatoms. The van der Waals surface area contributed by atoms with Gasteiger partial charge in [0.1, 0.15) is 5.82 Å². The van der Waals surface area contributed by atoms with Gasteiger partial charge in [-0.2, -0.15) is 0 Å². The quantitative estimate of drug-likeness (QED) is 0.821. The van der Waals surface area contributed by atoms with Crippen LogP contribution in [0.5, 0.6) is 0 Å². The molecule has 0 aliphatic carbocycles. The molecule has 1 N–H and O–H groups in total. The summed E-state index contributed by atoms with van der Waals surface area (Å²) in [5.74, 6) is 0.696. The van der Waals surface area contributed by atoms with Crippen molar-refractivity contribution in [3.8, 4) is 0 Å². The molecule has 3 heterocycles. The fraction of sp³-hybridized carbons (Fsp3) is 0.526. The van der Waals surface area contributed by atoms with Gasteiger partial charge in [-0.25, -0.2) is 4.98 Å². The highest BCUT2D eigenvalue weighted by molar-refractivity contribution is 5.99. The molecular formula is C19H26N4O2. The van der Waals surface area contributed by atoms with E-state index in [4.69, 9.17) is 0 Å². The van der Waals surface area contributed by atoms with Crippen LogP contribution in [0.25, 0.3) is 5.52 Å². The van der Waals surface area contributed by atoms with E-state index in [0.717, 1.165) is 50.0 Å². The lowest BCUT2D eigenvalue weighted by atomic mass is 10.2. The van der Waals surface area contributed by atoms with Crippen LogP contribution in [0.1, 0.15) is 68.3 Å². The van der Waals surface area contributed by atoms with Crippen molar-refractivity contribution < 1.29 is 9.59 Å². The van der Waals surface area contributed by atoms with Crippen LogP contribution in [0.2, 0.25) is 0 Å². The van der Waals surface area contributed by atoms with E-state index in [1.165, 1.54) is 0 Å². The molecule has 25 heavy (non-hydrogen) atoms. The predicted molar refractivity (Wildman–Crippen MR) is 96.4 cm³/mol. The van der Waals surface area contributed by atoms with Crippen LogP contribution < -0.4 is 5.32 Å². The number of nitrogens with one attached hydrogen (secondary N) is 1. The zero-order valence-electron chi connectivity index (χ0n) is 15.0. The number of amides is 2. The Morgan fingerprint density at radius 3 is 2.92 bits per heavy atom. The minimum Gasteiger partial charge on any atom is -0.351 e. The highest BCUT2D eigenvalue weighted by Gasteiger charge is 2.32. The summed E-state index contributed by atoms with van der Waals surface area (Å²) in [6.07, 6.45) is 6.96. The molecule has 3 rings (SSSR count). The number of hydrogen-bond donors (Lipinski definition) is 1. The average molecular weight is 342 g/mol. The van der Waals surface area contributed by atoms with E-state index in [1.54, 1.807) is 6.92 Å². The largest absolute Gasteiger partial charge is 0.351 e. The Morgan fingerprint density at radius 1 is 1.32 bits per heavy atom. The van der Waals surface area contributed by atoms with Gasteiger partial charge in [0.05, 0.1) is 11.6 Å². The van der Waals surface area contributed by atoms with Crippen molar-refractivity contribution in [1.82, 2.24) is 19.6 Å². The van der Waals surface area contributed by atoms with Gasteiger partial charge in [0.25, 0.3) is 5.91 Å². The molecule has 0 spiro atoms. The van der Waals surface area contributed by atoms with E-state index >= 15 is 0 Å². The van der Waals surface area contributed by atoms with Gasteiger partial charge in [-0.3, -0.25) is 9.59 Å². The summed E-state index contributed by atoms with van der Waals surface area (Å²) in [6, 6.07) is 5.68. The average Bonchev–Trinajstić information content (AvgIpc) is 3.23. The molecule has 2 aromatic rings. The smallest absolute Gasteiger partial charge is 0.272 e. The summed E-state index contributed by atoms with van der Waals surface area (Å²) in [5, 5.41) is 2.97. The Kier molecular flexibility index (Phi) is 5.36. The topological polar surface area (TPSA) is 66.7 Å². The maximum Gasteiger partial charge on any atom is 0.272 e. The Morgan fingerprint density at radius 2 is 2.16 bits per heavy atom. The van der Waals surface area contributed by atoms with Gasteiger partial charge in [-0.15, -0.1) is 0 Å². The molecule has 0 saturated carbocycles. The second kappa shape index (κ2) is 7.68. The second-order valence-corrected chi connectivity index (χ2v) is 6.61. The van der Waals surface area contributed by atoms with E-state index in [9.17, 15) is 9.59 Å². The number of aromatic nitrogens is 2. The van der Waals surface area contributed by atoms with Crippen molar-refractivity contribution in [2.45, 2.75) is 52.0 Å². The minimum atomic E-state index is -0.140. The summed E-state index contributed by atoms with van der Waals surface area (Å²) in [4.78, 5) is 31.0. The highest BCUT2D eigenvalue weighted by Crippen LogP contribution is 2.32. The zero-order chi connectivity index (χ0) is 17.8. The summed E-state index contributed by atoms with van der Waals surface area (Å²) in [5.41, 5.74) is 1.24. The number of unbranched alkanes of at least 4 members (excludes halogenated alkanes) is 2. The van der Waals surface area contributed by atoms with Crippen molar-refractivity contribution in [1.29, 1.82) is 0 Å². The normalized spacial score (nSPS) is 17.2. The van der Waals surface area contributed by atoms with Crippen molar-refractivity contribution >= 4 is 17.3 Å². The fourth-order valence-electron chi connectivity index (χ4n) is 3.54. The first-order chi connectivity index (χ1) is 12.1. The second-order valence-electron chi connectivity index (χ2n) is 6.61. The van der Waals surface area contributed by atoms with E-state index in [1.807, 2.05) is 33.7 Å². The van der Waals surface area contributed by atoms with Gasteiger partial charge in [0.15, 0.2) is 5.69 Å². The number of imidazole rings is 1. The van der Waals surface area contributed by atoms with Crippen LogP contribution in [-0.4, -0.2) is 39.2 Å². The van der Waals surface area contributed by atoms with Crippen molar-refractivity contribution in [3.05, 3.63) is 35.9 Å². The van der Waals surface area contributed by atoms with Gasteiger partial charge < -0.3 is 14.6 Å². The first-order valence-corrected chi connectivity index (χ1v) is 9.16. The van der Waals surface area contributed by atoms with E-state index in [0.29, 0.717) is 12.2 Å². The summed E-state index contributed by atoms with van der Waals surface area (Å²) >= 11 is 0. The van der Waals surface area contributed by atoms with E-state index in [2.05, 4.69) is 17.2 Å². The molecule has 1 saturated heterocycles. The fourth-order valence-corrected chi connectivity index (χ4v) is 3.54. The Labute approximate surface area is 148 Å². The summed E-state index contributed by atoms with van der Waals surface area (Å²) < 4.78 is 1.95. The molecule has 2 aromatic heterocycles. The molecular weight excluding hydrogens is 316 g/mol.